The van der Waals surface area contributed by atoms with Crippen molar-refractivity contribution in [3.63, 3.8) is 0 Å². The molecule has 1 aromatic carbocycles. The maximum Gasteiger partial charge on any atom is 0.207 e. The number of ether oxygens (including phenoxy) is 1. The smallest absolute Gasteiger partial charge is 0.207 e. The van der Waals surface area contributed by atoms with E-state index >= 15 is 0 Å². The highest BCUT2D eigenvalue weighted by Gasteiger charge is 2.10. The average Bonchev–Trinajstić information content (AvgIpc) is 2.80. The Labute approximate surface area is 114 Å². The van der Waals surface area contributed by atoms with Crippen molar-refractivity contribution in [1.29, 1.82) is 0 Å². The molecule has 1 aromatic heterocycles. The molecule has 19 heavy (non-hydrogen) atoms. The lowest BCUT2D eigenvalue weighted by Gasteiger charge is -2.16. The van der Waals surface area contributed by atoms with Crippen LogP contribution in [-0.4, -0.2) is 29.3 Å². The zero-order valence-corrected chi connectivity index (χ0v) is 12.0. The minimum absolute atomic E-state index is 0.219. The number of methoxy groups -OCH3 is 1. The number of hydrogen-bond acceptors (Lipinski definition) is 3. The Bertz CT molecular complexity index is 548. The molecule has 2 rings (SSSR count). The Balaban J connectivity index is 2.31. The summed E-state index contributed by atoms with van der Waals surface area (Å²) in [6.07, 6.45) is 3.78. The molecular formula is C15H21N3O. The number of aromatic nitrogens is 2. The largest absolute Gasteiger partial charge is 0.383 e. The van der Waals surface area contributed by atoms with Crippen LogP contribution in [0.4, 0.5) is 5.95 Å². The van der Waals surface area contributed by atoms with Crippen molar-refractivity contribution >= 4 is 5.95 Å². The van der Waals surface area contributed by atoms with Gasteiger partial charge in [-0.1, -0.05) is 12.1 Å². The van der Waals surface area contributed by atoms with Gasteiger partial charge in [0.1, 0.15) is 0 Å². The lowest BCUT2D eigenvalue weighted by molar-refractivity contribution is 0.190. The molecule has 102 valence electrons. The van der Waals surface area contributed by atoms with Crippen LogP contribution in [-0.2, 0) is 4.74 Å². The third-order valence-corrected chi connectivity index (χ3v) is 3.06. The van der Waals surface area contributed by atoms with E-state index in [9.17, 15) is 0 Å². The number of nitrogens with one attached hydrogen (secondary N) is 1. The molecule has 1 heterocycles. The number of benzene rings is 1. The van der Waals surface area contributed by atoms with E-state index in [1.54, 1.807) is 7.11 Å². The van der Waals surface area contributed by atoms with Crippen molar-refractivity contribution in [3.8, 4) is 5.69 Å². The topological polar surface area (TPSA) is 39.1 Å². The van der Waals surface area contributed by atoms with Gasteiger partial charge in [-0.05, 0) is 38.0 Å². The van der Waals surface area contributed by atoms with Gasteiger partial charge >= 0.3 is 0 Å². The summed E-state index contributed by atoms with van der Waals surface area (Å²) in [6.45, 7) is 6.93. The molecule has 2 aromatic rings. The van der Waals surface area contributed by atoms with Gasteiger partial charge in [-0.3, -0.25) is 4.57 Å². The van der Waals surface area contributed by atoms with Crippen molar-refractivity contribution in [1.82, 2.24) is 9.55 Å². The molecule has 1 unspecified atom stereocenters. The summed E-state index contributed by atoms with van der Waals surface area (Å²) in [4.78, 5) is 4.38. The summed E-state index contributed by atoms with van der Waals surface area (Å²) in [6, 6.07) is 6.64. The summed E-state index contributed by atoms with van der Waals surface area (Å²) < 4.78 is 7.22. The van der Waals surface area contributed by atoms with Crippen molar-refractivity contribution in [2.45, 2.75) is 26.8 Å². The number of nitrogens with zero attached hydrogens (tertiary/aromatic N) is 2. The number of anilines is 1. The van der Waals surface area contributed by atoms with E-state index in [0.29, 0.717) is 6.61 Å². The highest BCUT2D eigenvalue weighted by atomic mass is 16.5. The van der Waals surface area contributed by atoms with Crippen LogP contribution < -0.4 is 5.32 Å². The van der Waals surface area contributed by atoms with Crippen molar-refractivity contribution in [2.75, 3.05) is 19.0 Å². The molecule has 0 saturated carbocycles. The van der Waals surface area contributed by atoms with Crippen LogP contribution in [0, 0.1) is 13.8 Å². The highest BCUT2D eigenvalue weighted by molar-refractivity contribution is 5.48. The van der Waals surface area contributed by atoms with E-state index < -0.39 is 0 Å². The van der Waals surface area contributed by atoms with Gasteiger partial charge < -0.3 is 10.1 Å². The van der Waals surface area contributed by atoms with Crippen molar-refractivity contribution < 1.29 is 4.74 Å². The third-order valence-electron chi connectivity index (χ3n) is 3.06. The number of aryl methyl sites for hydroxylation is 2. The van der Waals surface area contributed by atoms with E-state index in [2.05, 4.69) is 53.8 Å². The lowest BCUT2D eigenvalue weighted by Crippen LogP contribution is -2.23. The second kappa shape index (κ2) is 5.89. The van der Waals surface area contributed by atoms with E-state index in [0.717, 1.165) is 11.6 Å². The summed E-state index contributed by atoms with van der Waals surface area (Å²) >= 11 is 0. The first-order chi connectivity index (χ1) is 9.11. The SMILES string of the molecule is COCC(C)Nc1nccn1-c1cc(C)ccc1C. The van der Waals surface area contributed by atoms with E-state index in [1.807, 2.05) is 12.4 Å². The van der Waals surface area contributed by atoms with Gasteiger partial charge in [0.2, 0.25) is 5.95 Å². The van der Waals surface area contributed by atoms with E-state index in [-0.39, 0.29) is 6.04 Å². The molecule has 0 radical (unpaired) electrons. The fourth-order valence-electron chi connectivity index (χ4n) is 2.10. The summed E-state index contributed by atoms with van der Waals surface area (Å²) in [5.74, 6) is 0.846. The van der Waals surface area contributed by atoms with Gasteiger partial charge in [0.05, 0.1) is 12.3 Å². The minimum atomic E-state index is 0.219. The van der Waals surface area contributed by atoms with Crippen LogP contribution in [0.5, 0.6) is 0 Å². The van der Waals surface area contributed by atoms with Gasteiger partial charge in [-0.25, -0.2) is 4.98 Å². The second-order valence-corrected chi connectivity index (χ2v) is 4.91. The molecule has 0 aliphatic heterocycles. The molecule has 0 saturated heterocycles. The third kappa shape index (κ3) is 3.15. The summed E-state index contributed by atoms with van der Waals surface area (Å²) in [5.41, 5.74) is 3.63. The van der Waals surface area contributed by atoms with Crippen LogP contribution in [0.1, 0.15) is 18.1 Å². The maximum atomic E-state index is 5.14. The molecule has 1 atom stereocenters. The molecule has 4 heteroatoms. The van der Waals surface area contributed by atoms with Crippen LogP contribution in [0.15, 0.2) is 30.6 Å². The van der Waals surface area contributed by atoms with Crippen LogP contribution in [0.2, 0.25) is 0 Å². The molecule has 0 fully saturated rings. The van der Waals surface area contributed by atoms with E-state index in [1.165, 1.54) is 11.1 Å². The van der Waals surface area contributed by atoms with E-state index in [4.69, 9.17) is 4.74 Å². The highest BCUT2D eigenvalue weighted by Crippen LogP contribution is 2.20. The normalized spacial score (nSPS) is 12.4. The first-order valence-electron chi connectivity index (χ1n) is 6.48. The Morgan fingerprint density at radius 3 is 2.89 bits per heavy atom. The maximum absolute atomic E-state index is 5.14. The summed E-state index contributed by atoms with van der Waals surface area (Å²) in [5, 5.41) is 3.36. The predicted molar refractivity (Wildman–Crippen MR) is 78.0 cm³/mol. The van der Waals surface area contributed by atoms with Crippen molar-refractivity contribution in [3.05, 3.63) is 41.7 Å². The van der Waals surface area contributed by atoms with Gasteiger partial charge in [-0.2, -0.15) is 0 Å². The molecule has 0 amide bonds. The second-order valence-electron chi connectivity index (χ2n) is 4.91. The molecular weight excluding hydrogens is 238 g/mol. The number of rotatable bonds is 5. The zero-order valence-electron chi connectivity index (χ0n) is 12.0. The molecule has 0 spiro atoms. The Morgan fingerprint density at radius 1 is 1.37 bits per heavy atom. The predicted octanol–water partition coefficient (Wildman–Crippen LogP) is 2.94. The lowest BCUT2D eigenvalue weighted by atomic mass is 10.1. The summed E-state index contributed by atoms with van der Waals surface area (Å²) in [7, 11) is 1.70. The molecule has 4 nitrogen and oxygen atoms in total. The van der Waals surface area contributed by atoms with Crippen LogP contribution in [0.25, 0.3) is 5.69 Å². The average molecular weight is 259 g/mol. The monoisotopic (exact) mass is 259 g/mol. The quantitative estimate of drug-likeness (QED) is 0.897. The Hall–Kier alpha value is -1.81. The van der Waals surface area contributed by atoms with Gasteiger partial charge in [0.25, 0.3) is 0 Å². The van der Waals surface area contributed by atoms with Crippen molar-refractivity contribution in [2.24, 2.45) is 0 Å². The fraction of sp³-hybridized carbons (Fsp3) is 0.400. The molecule has 0 aliphatic carbocycles. The van der Waals surface area contributed by atoms with Gasteiger partial charge in [0.15, 0.2) is 0 Å². The van der Waals surface area contributed by atoms with Gasteiger partial charge in [0, 0.05) is 25.5 Å². The molecule has 1 N–H and O–H groups in total. The Morgan fingerprint density at radius 2 is 2.16 bits per heavy atom. The zero-order chi connectivity index (χ0) is 13.8. The minimum Gasteiger partial charge on any atom is -0.383 e. The van der Waals surface area contributed by atoms with Crippen LogP contribution in [0.3, 0.4) is 0 Å². The first-order valence-corrected chi connectivity index (χ1v) is 6.48. The first kappa shape index (κ1) is 13.6. The number of imidazole rings is 1. The number of hydrogen-bond donors (Lipinski definition) is 1. The van der Waals surface area contributed by atoms with Crippen LogP contribution >= 0.6 is 0 Å². The Kier molecular flexibility index (Phi) is 4.22. The molecule has 0 aliphatic rings. The molecule has 0 bridgehead atoms. The van der Waals surface area contributed by atoms with Gasteiger partial charge in [-0.15, -0.1) is 0 Å². The standard InChI is InChI=1S/C15H21N3O/c1-11-5-6-12(2)14(9-11)18-8-7-16-15(18)17-13(3)10-19-4/h5-9,13H,10H2,1-4H3,(H,16,17). The fourth-order valence-corrected chi connectivity index (χ4v) is 2.10.